The molecule has 1 unspecified atom stereocenters. The number of benzene rings is 2. The van der Waals surface area contributed by atoms with Gasteiger partial charge in [0.1, 0.15) is 0 Å². The van der Waals surface area contributed by atoms with Crippen LogP contribution in [0, 0.1) is 10.1 Å². The number of hydrogen-bond donors (Lipinski definition) is 1. The number of rotatable bonds is 6. The Kier molecular flexibility index (Phi) is 5.84. The van der Waals surface area contributed by atoms with Crippen LogP contribution in [0.1, 0.15) is 42.2 Å². The lowest BCUT2D eigenvalue weighted by molar-refractivity contribution is -0.385. The number of ketones is 1. The van der Waals surface area contributed by atoms with Gasteiger partial charge in [0, 0.05) is 29.4 Å². The van der Waals surface area contributed by atoms with Crippen LogP contribution in [0.25, 0.3) is 0 Å². The lowest BCUT2D eigenvalue weighted by Gasteiger charge is -2.37. The molecule has 0 radical (unpaired) electrons. The second-order valence-corrected chi connectivity index (χ2v) is 6.93. The number of para-hydroxylation sites is 1. The molecule has 2 aromatic rings. The van der Waals surface area contributed by atoms with Crippen LogP contribution < -0.4 is 5.32 Å². The zero-order chi connectivity index (χ0) is 20.3. The van der Waals surface area contributed by atoms with Crippen molar-refractivity contribution in [1.82, 2.24) is 10.2 Å². The zero-order valence-corrected chi connectivity index (χ0v) is 16.5. The van der Waals surface area contributed by atoms with Gasteiger partial charge in [0.15, 0.2) is 10.9 Å². The van der Waals surface area contributed by atoms with Crippen LogP contribution in [0.15, 0.2) is 65.9 Å². The molecule has 1 atom stereocenters. The molecule has 3 rings (SSSR count). The molecule has 2 aromatic carbocycles. The van der Waals surface area contributed by atoms with E-state index in [0.29, 0.717) is 28.4 Å². The molecule has 28 heavy (non-hydrogen) atoms. The smallest absolute Gasteiger partial charge is 0.275 e. The van der Waals surface area contributed by atoms with Crippen molar-refractivity contribution >= 4 is 28.8 Å². The summed E-state index contributed by atoms with van der Waals surface area (Å²) in [6, 6.07) is 14.7. The number of nitrogens with one attached hydrogen (secondary N) is 1. The van der Waals surface area contributed by atoms with Gasteiger partial charge in [-0.15, -0.1) is 0 Å². The minimum absolute atomic E-state index is 0.0436. The molecule has 0 aliphatic carbocycles. The maximum atomic E-state index is 13.4. The van der Waals surface area contributed by atoms with Gasteiger partial charge in [-0.2, -0.15) is 0 Å². The Labute approximate surface area is 169 Å². The van der Waals surface area contributed by atoms with Gasteiger partial charge in [-0.25, -0.2) is 0 Å². The zero-order valence-electron chi connectivity index (χ0n) is 15.7. The summed E-state index contributed by atoms with van der Waals surface area (Å²) in [6.45, 7) is 4.54. The molecule has 0 fully saturated rings. The topological polar surface area (TPSA) is 75.5 Å². The molecule has 0 saturated carbocycles. The minimum atomic E-state index is -0.685. The highest BCUT2D eigenvalue weighted by atomic mass is 32.1. The van der Waals surface area contributed by atoms with Gasteiger partial charge in [-0.3, -0.25) is 14.9 Å². The monoisotopic (exact) mass is 395 g/mol. The van der Waals surface area contributed by atoms with Crippen molar-refractivity contribution in [2.45, 2.75) is 26.3 Å². The SMILES string of the molecule is CCCN1C(=S)NC(c2ccccc2[N+](=O)[O-])C(C(=O)c2ccccc2)=C1C. The van der Waals surface area contributed by atoms with Crippen molar-refractivity contribution in [1.29, 1.82) is 0 Å². The van der Waals surface area contributed by atoms with Crippen molar-refractivity contribution in [2.24, 2.45) is 0 Å². The summed E-state index contributed by atoms with van der Waals surface area (Å²) in [4.78, 5) is 26.4. The van der Waals surface area contributed by atoms with Crippen LogP contribution in [0.3, 0.4) is 0 Å². The Balaban J connectivity index is 2.19. The summed E-state index contributed by atoms with van der Waals surface area (Å²) in [7, 11) is 0. The molecule has 0 spiro atoms. The number of carbonyl (C=O) groups is 1. The Hall–Kier alpha value is -3.06. The van der Waals surface area contributed by atoms with E-state index in [-0.39, 0.29) is 11.5 Å². The third-order valence-electron chi connectivity index (χ3n) is 4.77. The van der Waals surface area contributed by atoms with E-state index in [0.717, 1.165) is 12.1 Å². The predicted molar refractivity (Wildman–Crippen MR) is 112 cm³/mol. The molecule has 1 heterocycles. The van der Waals surface area contributed by atoms with E-state index >= 15 is 0 Å². The fourth-order valence-corrected chi connectivity index (χ4v) is 3.79. The Bertz CT molecular complexity index is 956. The van der Waals surface area contributed by atoms with Crippen LogP contribution in [0.5, 0.6) is 0 Å². The maximum Gasteiger partial charge on any atom is 0.275 e. The first kappa shape index (κ1) is 19.7. The van der Waals surface area contributed by atoms with Gasteiger partial charge in [0.2, 0.25) is 0 Å². The van der Waals surface area contributed by atoms with Crippen molar-refractivity contribution in [3.63, 3.8) is 0 Å². The summed E-state index contributed by atoms with van der Waals surface area (Å²) >= 11 is 5.51. The largest absolute Gasteiger partial charge is 0.351 e. The number of carbonyl (C=O) groups excluding carboxylic acids is 1. The Morgan fingerprint density at radius 3 is 2.46 bits per heavy atom. The van der Waals surface area contributed by atoms with E-state index in [9.17, 15) is 14.9 Å². The van der Waals surface area contributed by atoms with Gasteiger partial charge >= 0.3 is 0 Å². The van der Waals surface area contributed by atoms with Crippen molar-refractivity contribution < 1.29 is 9.72 Å². The fraction of sp³-hybridized carbons (Fsp3) is 0.238. The number of hydrogen-bond acceptors (Lipinski definition) is 4. The molecule has 1 aliphatic rings. The van der Waals surface area contributed by atoms with Crippen molar-refractivity contribution in [3.05, 3.63) is 87.1 Å². The number of nitrogens with zero attached hydrogens (tertiary/aromatic N) is 2. The quantitative estimate of drug-likeness (QED) is 0.338. The van der Waals surface area contributed by atoms with Crippen molar-refractivity contribution in [3.8, 4) is 0 Å². The van der Waals surface area contributed by atoms with Crippen LogP contribution in [0.4, 0.5) is 5.69 Å². The van der Waals surface area contributed by atoms with E-state index in [2.05, 4.69) is 5.32 Å². The van der Waals surface area contributed by atoms with Gasteiger partial charge < -0.3 is 10.2 Å². The molecular weight excluding hydrogens is 374 g/mol. The van der Waals surface area contributed by atoms with Gasteiger partial charge in [-0.1, -0.05) is 49.4 Å². The first-order chi connectivity index (χ1) is 13.5. The summed E-state index contributed by atoms with van der Waals surface area (Å²) in [5.74, 6) is -0.169. The Morgan fingerprint density at radius 2 is 1.82 bits per heavy atom. The van der Waals surface area contributed by atoms with Crippen LogP contribution in [-0.4, -0.2) is 27.3 Å². The number of nitro benzene ring substituents is 1. The van der Waals surface area contributed by atoms with Gasteiger partial charge in [0.25, 0.3) is 5.69 Å². The normalized spacial score (nSPS) is 16.7. The average molecular weight is 395 g/mol. The molecule has 6 nitrogen and oxygen atoms in total. The van der Waals surface area contributed by atoms with Gasteiger partial charge in [-0.05, 0) is 31.6 Å². The van der Waals surface area contributed by atoms with E-state index < -0.39 is 11.0 Å². The van der Waals surface area contributed by atoms with Gasteiger partial charge in [0.05, 0.1) is 16.5 Å². The molecule has 0 amide bonds. The van der Waals surface area contributed by atoms with Crippen LogP contribution in [0.2, 0.25) is 0 Å². The molecule has 1 aliphatic heterocycles. The van der Waals surface area contributed by atoms with Crippen LogP contribution in [-0.2, 0) is 0 Å². The number of thiocarbonyl (C=S) groups is 1. The molecule has 0 aromatic heterocycles. The highest BCUT2D eigenvalue weighted by Crippen LogP contribution is 2.36. The summed E-state index contributed by atoms with van der Waals surface area (Å²) in [6.07, 6.45) is 0.849. The third kappa shape index (κ3) is 3.66. The summed E-state index contributed by atoms with van der Waals surface area (Å²) in [5.41, 5.74) is 2.11. The highest BCUT2D eigenvalue weighted by Gasteiger charge is 2.36. The van der Waals surface area contributed by atoms with Crippen molar-refractivity contribution in [2.75, 3.05) is 6.54 Å². The molecule has 0 saturated heterocycles. The average Bonchev–Trinajstić information content (AvgIpc) is 2.71. The third-order valence-corrected chi connectivity index (χ3v) is 5.11. The predicted octanol–water partition coefficient (Wildman–Crippen LogP) is 4.39. The van der Waals surface area contributed by atoms with E-state index in [1.807, 2.05) is 24.8 Å². The summed E-state index contributed by atoms with van der Waals surface area (Å²) in [5, 5.41) is 15.2. The summed E-state index contributed by atoms with van der Waals surface area (Å²) < 4.78 is 0. The maximum absolute atomic E-state index is 13.4. The second-order valence-electron chi connectivity index (χ2n) is 6.54. The van der Waals surface area contributed by atoms with Crippen LogP contribution >= 0.6 is 12.2 Å². The fourth-order valence-electron chi connectivity index (χ4n) is 3.44. The molecule has 0 bridgehead atoms. The number of nitro groups is 1. The van der Waals surface area contributed by atoms with E-state index in [1.54, 1.807) is 42.5 Å². The Morgan fingerprint density at radius 1 is 1.18 bits per heavy atom. The van der Waals surface area contributed by atoms with E-state index in [4.69, 9.17) is 12.2 Å². The first-order valence-corrected chi connectivity index (χ1v) is 9.48. The lowest BCUT2D eigenvalue weighted by Crippen LogP contribution is -2.48. The number of Topliss-reactive ketones (excluding diaryl/α,β-unsaturated/α-hetero) is 1. The second kappa shape index (κ2) is 8.31. The molecular formula is C21H21N3O3S. The molecule has 144 valence electrons. The lowest BCUT2D eigenvalue weighted by atomic mass is 9.88. The molecule has 7 heteroatoms. The molecule has 1 N–H and O–H groups in total. The highest BCUT2D eigenvalue weighted by molar-refractivity contribution is 7.80. The van der Waals surface area contributed by atoms with E-state index in [1.165, 1.54) is 6.07 Å². The number of allylic oxidation sites excluding steroid dienone is 1. The standard InChI is InChI=1S/C21H21N3O3S/c1-3-13-23-14(2)18(20(25)15-9-5-4-6-10-15)19(22-21(23)28)16-11-7-8-12-17(16)24(26)27/h4-12,19H,3,13H2,1-2H3,(H,22,28). The first-order valence-electron chi connectivity index (χ1n) is 9.07. The minimum Gasteiger partial charge on any atom is -0.351 e.